The Hall–Kier alpha value is -4.81. The number of pyridine rings is 1. The number of ether oxygens (including phenoxy) is 2. The lowest BCUT2D eigenvalue weighted by molar-refractivity contribution is 0.103. The number of rotatable bonds is 3. The molecule has 6 heteroatoms. The van der Waals surface area contributed by atoms with Crippen molar-refractivity contribution < 1.29 is 24.8 Å². The fourth-order valence-electron chi connectivity index (χ4n) is 7.49. The molecule has 1 aliphatic heterocycles. The third-order valence-corrected chi connectivity index (χ3v) is 11.3. The van der Waals surface area contributed by atoms with Crippen molar-refractivity contribution in [1.82, 2.24) is 4.98 Å². The minimum Gasteiger partial charge on any atom is -0.507 e. The Morgan fingerprint density at radius 1 is 0.491 bits per heavy atom. The van der Waals surface area contributed by atoms with Crippen LogP contribution in [0.1, 0.15) is 156 Å². The summed E-state index contributed by atoms with van der Waals surface area (Å²) < 4.78 is 13.2. The number of aromatic nitrogens is 1. The molecular formula is C51H63NO5. The van der Waals surface area contributed by atoms with Gasteiger partial charge >= 0.3 is 0 Å². The fourth-order valence-corrected chi connectivity index (χ4v) is 7.49. The van der Waals surface area contributed by atoms with Gasteiger partial charge in [-0.2, -0.15) is 0 Å². The predicted octanol–water partition coefficient (Wildman–Crippen LogP) is 11.8. The van der Waals surface area contributed by atoms with Crippen molar-refractivity contribution in [2.75, 3.05) is 0 Å². The first-order chi connectivity index (χ1) is 26.5. The van der Waals surface area contributed by atoms with Crippen LogP contribution in [0.2, 0.25) is 0 Å². The first-order valence-electron chi connectivity index (χ1n) is 20.3. The van der Waals surface area contributed by atoms with Gasteiger partial charge in [-0.15, -0.1) is 0 Å². The van der Waals surface area contributed by atoms with Gasteiger partial charge in [-0.25, -0.2) is 0 Å². The highest BCUT2D eigenvalue weighted by Crippen LogP contribution is 2.42. The molecule has 0 aliphatic carbocycles. The highest BCUT2D eigenvalue weighted by Gasteiger charge is 2.27. The van der Waals surface area contributed by atoms with Crippen LogP contribution in [0.5, 0.6) is 23.0 Å². The summed E-state index contributed by atoms with van der Waals surface area (Å²) in [4.78, 5) is 4.56. The number of nitrogens with zero attached hydrogens (tertiary/aromatic N) is 1. The summed E-state index contributed by atoms with van der Waals surface area (Å²) in [6.45, 7) is 26.8. The van der Waals surface area contributed by atoms with Crippen molar-refractivity contribution in [1.29, 1.82) is 0 Å². The molecule has 0 radical (unpaired) electrons. The molecule has 57 heavy (non-hydrogen) atoms. The smallest absolute Gasteiger partial charge is 0.130 e. The summed E-state index contributed by atoms with van der Waals surface area (Å²) in [6.07, 6.45) is 2.92. The maximum absolute atomic E-state index is 12.3. The average molecular weight is 770 g/mol. The predicted molar refractivity (Wildman–Crippen MR) is 231 cm³/mol. The van der Waals surface area contributed by atoms with Gasteiger partial charge in [0.2, 0.25) is 0 Å². The number of hydrogen-bond donors (Lipinski definition) is 3. The van der Waals surface area contributed by atoms with Gasteiger partial charge in [0.05, 0.1) is 18.9 Å². The summed E-state index contributed by atoms with van der Waals surface area (Å²) in [5.41, 5.74) is 10.7. The maximum atomic E-state index is 12.3. The summed E-state index contributed by atoms with van der Waals surface area (Å²) in [6, 6.07) is 22.7. The molecule has 3 N–H and O–H groups in total. The SMILES string of the molecule is CC(C)(C)c1cc2c(O)c(c1)Cc1cc(C(C)(C)C)cc(c1O)Cc1cc(C(C)(C)C)cc(c1OCc1ccccn1)Cc1cc(C(C)(C)C)cc(c1O)COC2. The zero-order chi connectivity index (χ0) is 41.7. The Balaban J connectivity index is 1.66. The molecule has 302 valence electrons. The minimum atomic E-state index is -0.216. The first kappa shape index (κ1) is 41.8. The lowest BCUT2D eigenvalue weighted by Crippen LogP contribution is -2.16. The van der Waals surface area contributed by atoms with E-state index < -0.39 is 0 Å². The molecule has 0 saturated heterocycles. The standard InChI is InChI=1S/C51H63NO5/c1-48(2,3)39-20-31-17-32-21-40(49(4,5)6)26-37(45(32)54)28-56-29-38-27-41(50(7,8)9)23-34(46(38)55)19-36-25-42(51(10,11)12)24-35(18-33(22-39)44(31)53)47(36)57-30-43-15-13-14-16-52-43/h13-16,20-27,53-55H,17-19,28-30H2,1-12H3. The molecule has 0 fully saturated rings. The number of hydrogen-bond acceptors (Lipinski definition) is 6. The van der Waals surface area contributed by atoms with E-state index in [1.807, 2.05) is 30.3 Å². The average Bonchev–Trinajstić information content (AvgIpc) is 3.10. The molecule has 5 aromatic rings. The van der Waals surface area contributed by atoms with Gasteiger partial charge in [-0.1, -0.05) is 126 Å². The second-order valence-corrected chi connectivity index (χ2v) is 20.2. The third kappa shape index (κ3) is 9.50. The van der Waals surface area contributed by atoms with E-state index in [9.17, 15) is 15.3 Å². The van der Waals surface area contributed by atoms with E-state index in [1.165, 1.54) is 0 Å². The quantitative estimate of drug-likeness (QED) is 0.169. The molecule has 1 aliphatic rings. The Kier molecular flexibility index (Phi) is 11.4. The molecular weight excluding hydrogens is 707 g/mol. The number of phenolic OH excluding ortho intramolecular Hbond substituents is 3. The van der Waals surface area contributed by atoms with Crippen molar-refractivity contribution in [3.8, 4) is 23.0 Å². The summed E-state index contributed by atoms with van der Waals surface area (Å²) in [7, 11) is 0. The van der Waals surface area contributed by atoms with Gasteiger partial charge in [0.1, 0.15) is 29.6 Å². The van der Waals surface area contributed by atoms with Gasteiger partial charge in [-0.3, -0.25) is 4.98 Å². The molecule has 0 amide bonds. The van der Waals surface area contributed by atoms with Gasteiger partial charge < -0.3 is 24.8 Å². The van der Waals surface area contributed by atoms with E-state index in [2.05, 4.69) is 124 Å². The summed E-state index contributed by atoms with van der Waals surface area (Å²) in [5.74, 6) is 1.28. The Labute approximate surface area is 341 Å². The molecule has 2 heterocycles. The molecule has 0 saturated carbocycles. The first-order valence-corrected chi connectivity index (χ1v) is 20.3. The Morgan fingerprint density at radius 3 is 1.18 bits per heavy atom. The minimum absolute atomic E-state index is 0.152. The van der Waals surface area contributed by atoms with E-state index in [-0.39, 0.29) is 58.7 Å². The van der Waals surface area contributed by atoms with Gasteiger partial charge in [0.25, 0.3) is 0 Å². The van der Waals surface area contributed by atoms with Gasteiger partial charge in [0.15, 0.2) is 0 Å². The van der Waals surface area contributed by atoms with Crippen LogP contribution in [0.25, 0.3) is 0 Å². The lowest BCUT2D eigenvalue weighted by atomic mass is 9.80. The molecule has 0 atom stereocenters. The van der Waals surface area contributed by atoms with E-state index >= 15 is 0 Å². The maximum Gasteiger partial charge on any atom is 0.130 e. The molecule has 4 aromatic carbocycles. The van der Waals surface area contributed by atoms with Crippen LogP contribution < -0.4 is 4.74 Å². The van der Waals surface area contributed by atoms with Crippen molar-refractivity contribution in [3.05, 3.63) is 145 Å². The normalized spacial score (nSPS) is 14.2. The van der Waals surface area contributed by atoms with Crippen molar-refractivity contribution in [2.45, 2.75) is 144 Å². The van der Waals surface area contributed by atoms with Crippen LogP contribution in [0.15, 0.2) is 72.9 Å². The van der Waals surface area contributed by atoms with Crippen molar-refractivity contribution >= 4 is 0 Å². The number of aromatic hydroxyl groups is 3. The van der Waals surface area contributed by atoms with Crippen LogP contribution in [-0.4, -0.2) is 20.3 Å². The monoisotopic (exact) mass is 769 g/mol. The van der Waals surface area contributed by atoms with E-state index in [1.54, 1.807) is 6.20 Å². The zero-order valence-corrected chi connectivity index (χ0v) is 36.3. The molecule has 0 unspecified atom stereocenters. The van der Waals surface area contributed by atoms with Gasteiger partial charge in [-0.05, 0) is 102 Å². The summed E-state index contributed by atoms with van der Waals surface area (Å²) in [5, 5.41) is 36.2. The number of phenols is 3. The largest absolute Gasteiger partial charge is 0.507 e. The van der Waals surface area contributed by atoms with Crippen LogP contribution in [0, 0.1) is 0 Å². The highest BCUT2D eigenvalue weighted by molar-refractivity contribution is 5.57. The number of benzene rings is 4. The molecule has 1 aromatic heterocycles. The van der Waals surface area contributed by atoms with Crippen LogP contribution in [-0.2, 0) is 65.5 Å². The zero-order valence-electron chi connectivity index (χ0n) is 36.3. The van der Waals surface area contributed by atoms with Crippen LogP contribution >= 0.6 is 0 Å². The molecule has 0 spiro atoms. The second kappa shape index (κ2) is 15.5. The number of fused-ring (bicyclic) bond motifs is 8. The molecule has 8 bridgehead atoms. The van der Waals surface area contributed by atoms with E-state index in [0.29, 0.717) is 30.4 Å². The fraction of sp³-hybridized carbons (Fsp3) is 0.431. The Morgan fingerprint density at radius 2 is 0.825 bits per heavy atom. The lowest BCUT2D eigenvalue weighted by Gasteiger charge is -2.27. The topological polar surface area (TPSA) is 92.0 Å². The summed E-state index contributed by atoms with van der Waals surface area (Å²) >= 11 is 0. The highest BCUT2D eigenvalue weighted by atomic mass is 16.5. The third-order valence-electron chi connectivity index (χ3n) is 11.3. The van der Waals surface area contributed by atoms with E-state index in [4.69, 9.17) is 9.47 Å². The molecule has 6 rings (SSSR count). The van der Waals surface area contributed by atoms with Crippen LogP contribution in [0.3, 0.4) is 0 Å². The van der Waals surface area contributed by atoms with Crippen molar-refractivity contribution in [3.63, 3.8) is 0 Å². The molecule has 6 nitrogen and oxygen atoms in total. The van der Waals surface area contributed by atoms with Crippen molar-refractivity contribution in [2.24, 2.45) is 0 Å². The van der Waals surface area contributed by atoms with Gasteiger partial charge in [0, 0.05) is 36.6 Å². The van der Waals surface area contributed by atoms with E-state index in [0.717, 1.165) is 67.1 Å². The second-order valence-electron chi connectivity index (χ2n) is 20.2. The Bertz CT molecular complexity index is 2260. The van der Waals surface area contributed by atoms with Crippen LogP contribution in [0.4, 0.5) is 0 Å².